The highest BCUT2D eigenvalue weighted by atomic mass is 35.5. The maximum Gasteiger partial charge on any atom is 0.269 e. The smallest absolute Gasteiger partial charge is 0.269 e. The molecule has 0 bridgehead atoms. The zero-order chi connectivity index (χ0) is 19.7. The Hall–Kier alpha value is -2.64. The second-order valence-electron chi connectivity index (χ2n) is 6.07. The topological polar surface area (TPSA) is 83.8 Å². The average molecular weight is 408 g/mol. The van der Waals surface area contributed by atoms with Crippen LogP contribution in [-0.2, 0) is 4.79 Å². The van der Waals surface area contributed by atoms with Crippen LogP contribution in [-0.4, -0.2) is 40.8 Å². The van der Waals surface area contributed by atoms with Crippen molar-refractivity contribution in [1.82, 2.24) is 4.90 Å². The molecule has 3 rings (SSSR count). The maximum atomic E-state index is 12.8. The van der Waals surface area contributed by atoms with Crippen molar-refractivity contribution in [2.24, 2.45) is 0 Å². The van der Waals surface area contributed by atoms with Crippen molar-refractivity contribution >= 4 is 46.4 Å². The first-order valence-corrected chi connectivity index (χ1v) is 8.87. The van der Waals surface area contributed by atoms with Gasteiger partial charge in [-0.15, -0.1) is 0 Å². The molecule has 1 fully saturated rings. The first kappa shape index (κ1) is 19.1. The fraction of sp³-hybridized carbons (Fsp3) is 0.222. The highest BCUT2D eigenvalue weighted by Crippen LogP contribution is 2.26. The normalized spacial score (nSPS) is 17.1. The van der Waals surface area contributed by atoms with Crippen molar-refractivity contribution in [3.63, 3.8) is 0 Å². The van der Waals surface area contributed by atoms with Crippen LogP contribution in [0.25, 0.3) is 0 Å². The predicted molar refractivity (Wildman–Crippen MR) is 102 cm³/mol. The number of carbonyl (C=O) groups is 2. The first-order valence-electron chi connectivity index (χ1n) is 8.11. The molecular weight excluding hydrogens is 393 g/mol. The third-order valence-corrected chi connectivity index (χ3v) is 5.19. The summed E-state index contributed by atoms with van der Waals surface area (Å²) < 4.78 is 0. The van der Waals surface area contributed by atoms with Crippen molar-refractivity contribution in [2.45, 2.75) is 13.0 Å². The molecule has 2 aromatic rings. The van der Waals surface area contributed by atoms with Crippen LogP contribution < -0.4 is 4.90 Å². The Morgan fingerprint density at radius 2 is 1.78 bits per heavy atom. The molecule has 27 heavy (non-hydrogen) atoms. The summed E-state index contributed by atoms with van der Waals surface area (Å²) in [5, 5.41) is 11.4. The van der Waals surface area contributed by atoms with Crippen LogP contribution in [0.2, 0.25) is 10.0 Å². The minimum Gasteiger partial charge on any atom is -0.325 e. The number of anilines is 1. The maximum absolute atomic E-state index is 12.8. The number of nitro groups is 1. The Kier molecular flexibility index (Phi) is 5.34. The van der Waals surface area contributed by atoms with E-state index in [0.717, 1.165) is 0 Å². The lowest BCUT2D eigenvalue weighted by atomic mass is 10.1. The molecule has 0 saturated carbocycles. The fourth-order valence-corrected chi connectivity index (χ4v) is 3.25. The van der Waals surface area contributed by atoms with E-state index in [4.69, 9.17) is 23.2 Å². The molecule has 9 heteroatoms. The molecule has 0 N–H and O–H groups in total. The van der Waals surface area contributed by atoms with Gasteiger partial charge in [-0.05, 0) is 37.3 Å². The summed E-state index contributed by atoms with van der Waals surface area (Å²) in [7, 11) is 0. The second-order valence-corrected chi connectivity index (χ2v) is 6.88. The summed E-state index contributed by atoms with van der Waals surface area (Å²) in [4.78, 5) is 38.8. The molecule has 1 atom stereocenters. The fourth-order valence-electron chi connectivity index (χ4n) is 2.95. The monoisotopic (exact) mass is 407 g/mol. The van der Waals surface area contributed by atoms with Crippen molar-refractivity contribution in [3.8, 4) is 0 Å². The molecule has 0 unspecified atom stereocenters. The van der Waals surface area contributed by atoms with E-state index in [2.05, 4.69) is 0 Å². The number of nitrogens with zero attached hydrogens (tertiary/aromatic N) is 3. The third-order valence-electron chi connectivity index (χ3n) is 4.46. The Morgan fingerprint density at radius 1 is 1.11 bits per heavy atom. The van der Waals surface area contributed by atoms with Gasteiger partial charge in [-0.3, -0.25) is 19.7 Å². The van der Waals surface area contributed by atoms with E-state index in [0.29, 0.717) is 22.8 Å². The van der Waals surface area contributed by atoms with Gasteiger partial charge in [-0.2, -0.15) is 0 Å². The molecule has 0 aliphatic carbocycles. The summed E-state index contributed by atoms with van der Waals surface area (Å²) in [5.41, 5.74) is 0.861. The first-order chi connectivity index (χ1) is 12.8. The molecule has 0 radical (unpaired) electrons. The number of non-ortho nitro benzene ring substituents is 1. The summed E-state index contributed by atoms with van der Waals surface area (Å²) in [6.45, 7) is 2.26. The number of nitro benzene ring substituents is 1. The second kappa shape index (κ2) is 7.54. The van der Waals surface area contributed by atoms with Gasteiger partial charge in [0.1, 0.15) is 6.04 Å². The number of rotatable bonds is 3. The van der Waals surface area contributed by atoms with Crippen LogP contribution >= 0.6 is 23.2 Å². The number of hydrogen-bond donors (Lipinski definition) is 0. The predicted octanol–water partition coefficient (Wildman–Crippen LogP) is 3.78. The molecule has 1 saturated heterocycles. The quantitative estimate of drug-likeness (QED) is 0.572. The highest BCUT2D eigenvalue weighted by molar-refractivity contribution is 6.42. The minimum atomic E-state index is -0.684. The zero-order valence-corrected chi connectivity index (χ0v) is 15.8. The zero-order valence-electron chi connectivity index (χ0n) is 14.3. The SMILES string of the molecule is C[C@H]1C(=O)N(c2ccc([N+](=O)[O-])cc2)CCN1C(=O)c1ccc(Cl)c(Cl)c1. The Balaban J connectivity index is 1.78. The number of hydrogen-bond acceptors (Lipinski definition) is 4. The van der Waals surface area contributed by atoms with Gasteiger partial charge in [-0.1, -0.05) is 23.2 Å². The number of benzene rings is 2. The molecule has 0 spiro atoms. The van der Waals surface area contributed by atoms with Crippen LogP contribution in [0.15, 0.2) is 42.5 Å². The van der Waals surface area contributed by atoms with Gasteiger partial charge in [0.05, 0.1) is 15.0 Å². The van der Waals surface area contributed by atoms with Gasteiger partial charge in [0.15, 0.2) is 0 Å². The Bertz CT molecular complexity index is 917. The van der Waals surface area contributed by atoms with Crippen molar-refractivity contribution < 1.29 is 14.5 Å². The average Bonchev–Trinajstić information content (AvgIpc) is 2.65. The molecule has 1 heterocycles. The van der Waals surface area contributed by atoms with Gasteiger partial charge >= 0.3 is 0 Å². The lowest BCUT2D eigenvalue weighted by Gasteiger charge is -2.39. The molecular formula is C18H15Cl2N3O4. The van der Waals surface area contributed by atoms with E-state index < -0.39 is 11.0 Å². The standard InChI is InChI=1S/C18H15Cl2N3O4/c1-11-17(24)22(13-3-5-14(6-4-13)23(26)27)9-8-21(11)18(25)12-2-7-15(19)16(20)10-12/h2-7,10-11H,8-9H2,1H3/t11-/m0/s1. The summed E-state index contributed by atoms with van der Waals surface area (Å²) in [5.74, 6) is -0.568. The molecule has 1 aliphatic heterocycles. The Morgan fingerprint density at radius 3 is 2.37 bits per heavy atom. The number of halogens is 2. The van der Waals surface area contributed by atoms with Crippen LogP contribution in [0, 0.1) is 10.1 Å². The third kappa shape index (κ3) is 3.74. The van der Waals surface area contributed by atoms with Crippen LogP contribution in [0.3, 0.4) is 0 Å². The summed E-state index contributed by atoms with van der Waals surface area (Å²) in [6.07, 6.45) is 0. The molecule has 7 nitrogen and oxygen atoms in total. The van der Waals surface area contributed by atoms with Crippen molar-refractivity contribution in [1.29, 1.82) is 0 Å². The van der Waals surface area contributed by atoms with Crippen LogP contribution in [0.5, 0.6) is 0 Å². The van der Waals surface area contributed by atoms with E-state index in [-0.39, 0.29) is 29.1 Å². The lowest BCUT2D eigenvalue weighted by Crippen LogP contribution is -2.57. The number of piperazine rings is 1. The van der Waals surface area contributed by atoms with E-state index in [1.54, 1.807) is 13.0 Å². The number of amides is 2. The largest absolute Gasteiger partial charge is 0.325 e. The van der Waals surface area contributed by atoms with Gasteiger partial charge in [-0.25, -0.2) is 0 Å². The van der Waals surface area contributed by atoms with E-state index >= 15 is 0 Å². The molecule has 1 aliphatic rings. The van der Waals surface area contributed by atoms with E-state index in [1.165, 1.54) is 46.2 Å². The summed E-state index contributed by atoms with van der Waals surface area (Å²) in [6, 6.07) is 9.65. The minimum absolute atomic E-state index is 0.0484. The van der Waals surface area contributed by atoms with E-state index in [9.17, 15) is 19.7 Å². The van der Waals surface area contributed by atoms with Gasteiger partial charge in [0.25, 0.3) is 11.6 Å². The Labute approximate surface area is 165 Å². The van der Waals surface area contributed by atoms with Crippen LogP contribution in [0.4, 0.5) is 11.4 Å². The van der Waals surface area contributed by atoms with Crippen molar-refractivity contribution in [2.75, 3.05) is 18.0 Å². The van der Waals surface area contributed by atoms with Crippen molar-refractivity contribution in [3.05, 3.63) is 68.2 Å². The van der Waals surface area contributed by atoms with Gasteiger partial charge in [0, 0.05) is 36.5 Å². The van der Waals surface area contributed by atoms with Crippen LogP contribution in [0.1, 0.15) is 17.3 Å². The highest BCUT2D eigenvalue weighted by Gasteiger charge is 2.35. The molecule has 0 aromatic heterocycles. The van der Waals surface area contributed by atoms with Gasteiger partial charge < -0.3 is 9.80 Å². The lowest BCUT2D eigenvalue weighted by molar-refractivity contribution is -0.384. The molecule has 2 aromatic carbocycles. The summed E-state index contributed by atoms with van der Waals surface area (Å²) >= 11 is 11.9. The number of carbonyl (C=O) groups excluding carboxylic acids is 2. The van der Waals surface area contributed by atoms with Gasteiger partial charge in [0.2, 0.25) is 5.91 Å². The van der Waals surface area contributed by atoms with E-state index in [1.807, 2.05) is 0 Å². The molecule has 140 valence electrons. The molecule has 2 amide bonds.